The minimum Gasteiger partial charge on any atom is -0.454 e. The average Bonchev–Trinajstić information content (AvgIpc) is 3.42. The first-order valence-corrected chi connectivity index (χ1v) is 31.9. The van der Waals surface area contributed by atoms with E-state index in [0.717, 1.165) is 64.2 Å². The van der Waals surface area contributed by atoms with E-state index in [1.807, 2.05) is 6.08 Å². The SMILES string of the molecule is CCCCC/C=C\C/C=C\CCCCCCCCCCCCCCCC(=O)OC1C(OCC(NC(=O)C(O)CCCC/C=C\CCCCCCCCC)C(O)/C=C/CCCCCCCCCCC)OC(CO)C(O)C1O. The predicted molar refractivity (Wildman–Crippen MR) is 315 cm³/mol. The topological polar surface area (TPSA) is 175 Å². The maximum Gasteiger partial charge on any atom is 0.306 e. The highest BCUT2D eigenvalue weighted by Gasteiger charge is 2.47. The van der Waals surface area contributed by atoms with E-state index < -0.39 is 67.4 Å². The zero-order chi connectivity index (χ0) is 55.4. The van der Waals surface area contributed by atoms with Crippen molar-refractivity contribution in [1.82, 2.24) is 5.32 Å². The van der Waals surface area contributed by atoms with E-state index in [-0.39, 0.29) is 19.4 Å². The summed E-state index contributed by atoms with van der Waals surface area (Å²) in [6.45, 7) is 5.75. The fourth-order valence-electron chi connectivity index (χ4n) is 9.85. The van der Waals surface area contributed by atoms with Gasteiger partial charge < -0.3 is 45.1 Å². The molecule has 0 radical (unpaired) electrons. The molecule has 0 spiro atoms. The molecule has 1 heterocycles. The van der Waals surface area contributed by atoms with Crippen LogP contribution in [0.15, 0.2) is 48.6 Å². The average molecular weight is 1070 g/mol. The number of amides is 1. The number of ether oxygens (including phenoxy) is 3. The first kappa shape index (κ1) is 71.6. The fourth-order valence-corrected chi connectivity index (χ4v) is 9.85. The second kappa shape index (κ2) is 53.3. The van der Waals surface area contributed by atoms with Crippen molar-refractivity contribution >= 4 is 11.9 Å². The maximum atomic E-state index is 13.4. The molecule has 444 valence electrons. The van der Waals surface area contributed by atoms with E-state index in [0.29, 0.717) is 12.8 Å². The molecule has 1 aliphatic heterocycles. The molecule has 8 atom stereocenters. The van der Waals surface area contributed by atoms with Crippen LogP contribution in [0, 0.1) is 0 Å². The van der Waals surface area contributed by atoms with Crippen molar-refractivity contribution in [3.63, 3.8) is 0 Å². The summed E-state index contributed by atoms with van der Waals surface area (Å²) in [5.41, 5.74) is 0. The molecule has 1 aliphatic rings. The Kier molecular flexibility index (Phi) is 50.2. The van der Waals surface area contributed by atoms with Crippen molar-refractivity contribution in [2.45, 2.75) is 339 Å². The number of rotatable bonds is 54. The summed E-state index contributed by atoms with van der Waals surface area (Å²) in [4.78, 5) is 26.5. The number of unbranched alkanes of at least 4 members (excludes halogenated alkanes) is 34. The molecule has 0 aliphatic carbocycles. The number of carbonyl (C=O) groups excluding carboxylic acids is 2. The Labute approximate surface area is 466 Å². The van der Waals surface area contributed by atoms with Gasteiger partial charge in [-0.15, -0.1) is 0 Å². The molecule has 0 bridgehead atoms. The summed E-state index contributed by atoms with van der Waals surface area (Å²) in [5, 5.41) is 56.9. The Morgan fingerprint density at radius 3 is 1.38 bits per heavy atom. The van der Waals surface area contributed by atoms with Gasteiger partial charge in [-0.3, -0.25) is 9.59 Å². The highest BCUT2D eigenvalue weighted by Crippen LogP contribution is 2.26. The summed E-state index contributed by atoms with van der Waals surface area (Å²) < 4.78 is 17.6. The number of allylic oxidation sites excluding steroid dienone is 7. The summed E-state index contributed by atoms with van der Waals surface area (Å²) in [6, 6.07) is -1.03. The Balaban J connectivity index is 2.60. The van der Waals surface area contributed by atoms with Crippen molar-refractivity contribution in [2.75, 3.05) is 13.2 Å². The van der Waals surface area contributed by atoms with E-state index in [9.17, 15) is 35.1 Å². The van der Waals surface area contributed by atoms with Crippen molar-refractivity contribution in [1.29, 1.82) is 0 Å². The highest BCUT2D eigenvalue weighted by atomic mass is 16.7. The van der Waals surface area contributed by atoms with Crippen LogP contribution in [0.2, 0.25) is 0 Å². The van der Waals surface area contributed by atoms with Crippen LogP contribution in [-0.2, 0) is 23.8 Å². The summed E-state index contributed by atoms with van der Waals surface area (Å²) >= 11 is 0. The van der Waals surface area contributed by atoms with Gasteiger partial charge >= 0.3 is 5.97 Å². The summed E-state index contributed by atoms with van der Waals surface area (Å²) in [6.07, 6.45) is 54.4. The molecule has 1 saturated heterocycles. The van der Waals surface area contributed by atoms with E-state index >= 15 is 0 Å². The standard InChI is InChI=1S/C65H119NO10/c1-4-7-10-13-16-19-22-24-25-26-27-28-29-30-31-32-33-35-38-41-44-47-50-53-60(70)76-63-62(72)61(71)59(54-67)75-65(63)74-55-56(57(68)51-48-45-42-39-36-21-18-15-12-9-6-3)66-64(73)58(69)52-49-46-43-40-37-34-23-20-17-14-11-8-5-2/h16,19,24-25,37,40,48,51,56-59,61-63,65,67-69,71-72H,4-15,17-18,20-23,26-36,38-39,41-47,49-50,52-55H2,1-3H3,(H,66,73)/b19-16-,25-24-,40-37-,51-48+. The van der Waals surface area contributed by atoms with E-state index in [2.05, 4.69) is 62.5 Å². The number of aliphatic hydroxyl groups excluding tert-OH is 5. The molecule has 11 heteroatoms. The van der Waals surface area contributed by atoms with Crippen molar-refractivity contribution in [3.05, 3.63) is 48.6 Å². The van der Waals surface area contributed by atoms with Crippen molar-refractivity contribution < 1.29 is 49.3 Å². The number of aliphatic hydroxyl groups is 5. The zero-order valence-electron chi connectivity index (χ0n) is 49.1. The van der Waals surface area contributed by atoms with Crippen LogP contribution < -0.4 is 5.32 Å². The third-order valence-electron chi connectivity index (χ3n) is 15.0. The van der Waals surface area contributed by atoms with Gasteiger partial charge in [0.05, 0.1) is 25.4 Å². The molecule has 0 aromatic rings. The third-order valence-corrected chi connectivity index (χ3v) is 15.0. The Morgan fingerprint density at radius 1 is 0.513 bits per heavy atom. The van der Waals surface area contributed by atoms with Gasteiger partial charge in [-0.05, 0) is 83.5 Å². The molecule has 0 aromatic carbocycles. The van der Waals surface area contributed by atoms with Crippen molar-refractivity contribution in [2.24, 2.45) is 0 Å². The van der Waals surface area contributed by atoms with Gasteiger partial charge in [0.2, 0.25) is 5.91 Å². The molecule has 11 nitrogen and oxygen atoms in total. The van der Waals surface area contributed by atoms with Crippen LogP contribution in [0.5, 0.6) is 0 Å². The van der Waals surface area contributed by atoms with Gasteiger partial charge in [0.1, 0.15) is 24.4 Å². The summed E-state index contributed by atoms with van der Waals surface area (Å²) in [5.74, 6) is -1.21. The number of hydrogen-bond donors (Lipinski definition) is 6. The van der Waals surface area contributed by atoms with Gasteiger partial charge in [0.15, 0.2) is 12.4 Å². The smallest absolute Gasteiger partial charge is 0.306 e. The minimum atomic E-state index is -1.61. The molecule has 1 fully saturated rings. The van der Waals surface area contributed by atoms with Crippen LogP contribution in [0.25, 0.3) is 0 Å². The van der Waals surface area contributed by atoms with Crippen LogP contribution in [-0.4, -0.2) is 99.6 Å². The van der Waals surface area contributed by atoms with Gasteiger partial charge in [-0.2, -0.15) is 0 Å². The van der Waals surface area contributed by atoms with E-state index in [1.165, 1.54) is 180 Å². The zero-order valence-corrected chi connectivity index (χ0v) is 49.1. The second-order valence-electron chi connectivity index (χ2n) is 22.1. The fraction of sp³-hybridized carbons (Fsp3) is 0.846. The Hall–Kier alpha value is -2.38. The normalized spacial score (nSPS) is 19.4. The molecular weight excluding hydrogens is 955 g/mol. The lowest BCUT2D eigenvalue weighted by Gasteiger charge is -2.41. The van der Waals surface area contributed by atoms with E-state index in [4.69, 9.17) is 14.2 Å². The first-order chi connectivity index (χ1) is 37.2. The quantitative estimate of drug-likeness (QED) is 0.0195. The monoisotopic (exact) mass is 1070 g/mol. The number of hydrogen-bond acceptors (Lipinski definition) is 10. The number of esters is 1. The lowest BCUT2D eigenvalue weighted by molar-refractivity contribution is -0.305. The highest BCUT2D eigenvalue weighted by molar-refractivity contribution is 5.80. The third kappa shape index (κ3) is 40.8. The molecule has 76 heavy (non-hydrogen) atoms. The molecule has 1 rings (SSSR count). The molecule has 6 N–H and O–H groups in total. The van der Waals surface area contributed by atoms with Gasteiger partial charge in [-0.1, -0.05) is 249 Å². The second-order valence-corrected chi connectivity index (χ2v) is 22.1. The first-order valence-electron chi connectivity index (χ1n) is 31.9. The van der Waals surface area contributed by atoms with Crippen LogP contribution in [0.3, 0.4) is 0 Å². The molecule has 8 unspecified atom stereocenters. The number of carbonyl (C=O) groups is 2. The van der Waals surface area contributed by atoms with Crippen molar-refractivity contribution in [3.8, 4) is 0 Å². The lowest BCUT2D eigenvalue weighted by Crippen LogP contribution is -2.61. The molecule has 1 amide bonds. The molecule has 0 saturated carbocycles. The molecule has 0 aromatic heterocycles. The maximum absolute atomic E-state index is 13.4. The van der Waals surface area contributed by atoms with Crippen LogP contribution in [0.4, 0.5) is 0 Å². The number of nitrogens with one attached hydrogen (secondary N) is 1. The lowest BCUT2D eigenvalue weighted by atomic mass is 9.99. The molecular formula is C65H119NO10. The minimum absolute atomic E-state index is 0.122. The van der Waals surface area contributed by atoms with Crippen LogP contribution in [0.1, 0.15) is 290 Å². The largest absolute Gasteiger partial charge is 0.454 e. The van der Waals surface area contributed by atoms with E-state index in [1.54, 1.807) is 6.08 Å². The van der Waals surface area contributed by atoms with Gasteiger partial charge in [-0.25, -0.2) is 0 Å². The van der Waals surface area contributed by atoms with Crippen LogP contribution >= 0.6 is 0 Å². The Morgan fingerprint density at radius 2 is 0.908 bits per heavy atom. The van der Waals surface area contributed by atoms with Gasteiger partial charge in [0.25, 0.3) is 0 Å². The predicted octanol–water partition coefficient (Wildman–Crippen LogP) is 15.2. The van der Waals surface area contributed by atoms with Gasteiger partial charge in [0, 0.05) is 6.42 Å². The summed E-state index contributed by atoms with van der Waals surface area (Å²) in [7, 11) is 0. The Bertz CT molecular complexity index is 1420.